The minimum Gasteiger partial charge on any atom is -0.390 e. The molecule has 2 N–H and O–H groups in total. The summed E-state index contributed by atoms with van der Waals surface area (Å²) in [6.45, 7) is 0. The second-order valence-electron chi connectivity index (χ2n) is 4.03. The summed E-state index contributed by atoms with van der Waals surface area (Å²) in [6.07, 6.45) is -7.53. The van der Waals surface area contributed by atoms with Crippen LogP contribution in [0.15, 0.2) is 4.99 Å². The van der Waals surface area contributed by atoms with Gasteiger partial charge in [0.1, 0.15) is 5.44 Å². The average molecular weight is 270 g/mol. The van der Waals surface area contributed by atoms with E-state index in [4.69, 9.17) is 4.74 Å². The second kappa shape index (κ2) is 4.66. The number of halogens is 3. The minimum absolute atomic E-state index is 0.212. The lowest BCUT2D eigenvalue weighted by molar-refractivity contribution is -0.189. The van der Waals surface area contributed by atoms with Gasteiger partial charge in [0.25, 0.3) is 0 Å². The standard InChI is InChI=1S/C9H13F3N2O2S/c1-13-8-14-4-2-5(15)6(3-9(10,11)12)16-7(4)17-8/h4-7,15H,2-3H2,1H3,(H,13,14)/t4-,5+,6-,7-/m1/s1. The van der Waals surface area contributed by atoms with Crippen LogP contribution in [-0.2, 0) is 4.74 Å². The van der Waals surface area contributed by atoms with Gasteiger partial charge in [-0.25, -0.2) is 0 Å². The molecule has 0 amide bonds. The molecular formula is C9H13F3N2O2S. The van der Waals surface area contributed by atoms with E-state index in [9.17, 15) is 18.3 Å². The Kier molecular flexibility index (Phi) is 3.55. The van der Waals surface area contributed by atoms with Gasteiger partial charge in [0.05, 0.1) is 24.7 Å². The van der Waals surface area contributed by atoms with Crippen LogP contribution in [0.3, 0.4) is 0 Å². The van der Waals surface area contributed by atoms with E-state index >= 15 is 0 Å². The van der Waals surface area contributed by atoms with E-state index in [1.54, 1.807) is 7.05 Å². The number of nitrogens with one attached hydrogen (secondary N) is 1. The van der Waals surface area contributed by atoms with E-state index in [2.05, 4.69) is 10.3 Å². The smallest absolute Gasteiger partial charge is 0.390 e. The van der Waals surface area contributed by atoms with E-state index < -0.39 is 30.2 Å². The number of amidine groups is 1. The van der Waals surface area contributed by atoms with Gasteiger partial charge in [-0.3, -0.25) is 4.99 Å². The summed E-state index contributed by atoms with van der Waals surface area (Å²) in [7, 11) is 1.69. The predicted octanol–water partition coefficient (Wildman–Crippen LogP) is 1.11. The van der Waals surface area contributed by atoms with Crippen molar-refractivity contribution in [1.29, 1.82) is 0 Å². The maximum atomic E-state index is 12.3. The van der Waals surface area contributed by atoms with Crippen LogP contribution in [0.2, 0.25) is 0 Å². The van der Waals surface area contributed by atoms with Crippen molar-refractivity contribution in [3.8, 4) is 0 Å². The first-order valence-corrected chi connectivity index (χ1v) is 6.09. The fourth-order valence-electron chi connectivity index (χ4n) is 1.91. The molecule has 1 fully saturated rings. The van der Waals surface area contributed by atoms with Crippen molar-refractivity contribution >= 4 is 16.9 Å². The van der Waals surface area contributed by atoms with Crippen LogP contribution in [0.1, 0.15) is 12.8 Å². The van der Waals surface area contributed by atoms with Crippen LogP contribution in [-0.4, -0.2) is 47.2 Å². The molecule has 2 aliphatic rings. The Bertz CT molecular complexity index is 324. The lowest BCUT2D eigenvalue weighted by atomic mass is 9.99. The molecule has 0 bridgehead atoms. The molecule has 4 nitrogen and oxygen atoms in total. The third kappa shape index (κ3) is 3.05. The van der Waals surface area contributed by atoms with Crippen LogP contribution in [0.4, 0.5) is 13.2 Å². The van der Waals surface area contributed by atoms with Gasteiger partial charge in [-0.2, -0.15) is 13.2 Å². The fourth-order valence-corrected chi connectivity index (χ4v) is 2.97. The Morgan fingerprint density at radius 3 is 2.88 bits per heavy atom. The highest BCUT2D eigenvalue weighted by Crippen LogP contribution is 2.38. The molecule has 2 aliphatic heterocycles. The van der Waals surface area contributed by atoms with Crippen LogP contribution in [0.5, 0.6) is 0 Å². The number of hydrogen-bond acceptors (Lipinski definition) is 5. The number of thioether (sulfide) groups is 1. The summed E-state index contributed by atoms with van der Waals surface area (Å²) in [5.41, 5.74) is -0.423. The molecular weight excluding hydrogens is 257 g/mol. The zero-order valence-corrected chi connectivity index (χ0v) is 9.88. The van der Waals surface area contributed by atoms with Crippen molar-refractivity contribution in [3.63, 3.8) is 0 Å². The van der Waals surface area contributed by atoms with E-state index in [0.717, 1.165) is 0 Å². The van der Waals surface area contributed by atoms with Gasteiger partial charge in [0, 0.05) is 13.5 Å². The van der Waals surface area contributed by atoms with Crippen LogP contribution >= 0.6 is 11.8 Å². The highest BCUT2D eigenvalue weighted by atomic mass is 32.2. The third-order valence-corrected chi connectivity index (χ3v) is 3.88. The number of rotatable bonds is 1. The van der Waals surface area contributed by atoms with Crippen LogP contribution < -0.4 is 5.32 Å². The summed E-state index contributed by atoms with van der Waals surface area (Å²) in [5.74, 6) is 0. The number of nitrogens with zero attached hydrogens (tertiary/aromatic N) is 1. The van der Waals surface area contributed by atoms with E-state index in [1.807, 2.05) is 0 Å². The average Bonchev–Trinajstić information content (AvgIpc) is 2.58. The van der Waals surface area contributed by atoms with Gasteiger partial charge in [-0.05, 0) is 0 Å². The summed E-state index contributed by atoms with van der Waals surface area (Å²) >= 11 is 1.26. The molecule has 1 saturated heterocycles. The first-order chi connectivity index (χ1) is 7.89. The molecule has 0 aromatic rings. The maximum Gasteiger partial charge on any atom is 0.391 e. The monoisotopic (exact) mass is 270 g/mol. The second-order valence-corrected chi connectivity index (χ2v) is 5.12. The van der Waals surface area contributed by atoms with Gasteiger partial charge in [0.2, 0.25) is 0 Å². The maximum absolute atomic E-state index is 12.3. The molecule has 98 valence electrons. The molecule has 0 saturated carbocycles. The van der Waals surface area contributed by atoms with Crippen molar-refractivity contribution in [1.82, 2.24) is 5.32 Å². The molecule has 2 rings (SSSR count). The molecule has 0 radical (unpaired) electrons. The summed E-state index contributed by atoms with van der Waals surface area (Å²) in [4.78, 5) is 4.21. The predicted molar refractivity (Wildman–Crippen MR) is 57.8 cm³/mol. The third-order valence-electron chi connectivity index (χ3n) is 2.69. The summed E-state index contributed by atoms with van der Waals surface area (Å²) in [6, 6.07) is -0.262. The Hall–Kier alpha value is -0.470. The zero-order valence-electron chi connectivity index (χ0n) is 9.07. The molecule has 0 unspecified atom stereocenters. The number of fused-ring (bicyclic) bond motifs is 1. The highest BCUT2D eigenvalue weighted by Gasteiger charge is 2.45. The Morgan fingerprint density at radius 2 is 2.29 bits per heavy atom. The van der Waals surface area contributed by atoms with Crippen molar-refractivity contribution < 1.29 is 23.0 Å². The van der Waals surface area contributed by atoms with E-state index in [1.165, 1.54) is 11.8 Å². The first-order valence-electron chi connectivity index (χ1n) is 5.21. The van der Waals surface area contributed by atoms with Crippen LogP contribution in [0, 0.1) is 0 Å². The van der Waals surface area contributed by atoms with Gasteiger partial charge in [0.15, 0.2) is 5.17 Å². The lowest BCUT2D eigenvalue weighted by Gasteiger charge is -2.34. The topological polar surface area (TPSA) is 53.9 Å². The normalized spacial score (nSPS) is 37.6. The number of alkyl halides is 3. The Morgan fingerprint density at radius 1 is 1.59 bits per heavy atom. The largest absolute Gasteiger partial charge is 0.391 e. The van der Waals surface area contributed by atoms with Crippen molar-refractivity contribution in [2.24, 2.45) is 4.99 Å². The number of hydrogen-bond donors (Lipinski definition) is 2. The minimum atomic E-state index is -4.32. The lowest BCUT2D eigenvalue weighted by Crippen LogP contribution is -2.45. The quantitative estimate of drug-likeness (QED) is 0.749. The first kappa shape index (κ1) is 13.0. The van der Waals surface area contributed by atoms with Crippen molar-refractivity contribution in [3.05, 3.63) is 0 Å². The zero-order chi connectivity index (χ0) is 12.6. The number of ether oxygens (including phenoxy) is 1. The molecule has 17 heavy (non-hydrogen) atoms. The molecule has 2 heterocycles. The number of aliphatic imine (C=N–C) groups is 1. The molecule has 4 atom stereocenters. The molecule has 0 aliphatic carbocycles. The van der Waals surface area contributed by atoms with E-state index in [0.29, 0.717) is 5.17 Å². The molecule has 0 aromatic heterocycles. The molecule has 0 spiro atoms. The SMILES string of the molecule is CNC1=N[C@@H]2C[C@H](O)[C@@H](CC(F)(F)F)O[C@@H]2S1. The fraction of sp³-hybridized carbons (Fsp3) is 0.889. The summed E-state index contributed by atoms with van der Waals surface area (Å²) < 4.78 is 42.1. The van der Waals surface area contributed by atoms with E-state index in [-0.39, 0.29) is 12.5 Å². The number of aliphatic hydroxyl groups is 1. The van der Waals surface area contributed by atoms with Crippen molar-refractivity contribution in [2.45, 2.75) is 42.7 Å². The summed E-state index contributed by atoms with van der Waals surface area (Å²) in [5, 5.41) is 13.1. The Labute approximate surface area is 101 Å². The Balaban J connectivity index is 1.98. The van der Waals surface area contributed by atoms with Crippen molar-refractivity contribution in [2.75, 3.05) is 7.05 Å². The highest BCUT2D eigenvalue weighted by molar-refractivity contribution is 8.14. The molecule has 0 aromatic carbocycles. The van der Waals surface area contributed by atoms with Gasteiger partial charge in [-0.15, -0.1) is 0 Å². The van der Waals surface area contributed by atoms with Gasteiger partial charge < -0.3 is 15.2 Å². The molecule has 8 heteroatoms. The number of aliphatic hydroxyl groups excluding tert-OH is 1. The van der Waals surface area contributed by atoms with Crippen LogP contribution in [0.25, 0.3) is 0 Å². The van der Waals surface area contributed by atoms with Gasteiger partial charge >= 0.3 is 6.18 Å². The van der Waals surface area contributed by atoms with Gasteiger partial charge in [-0.1, -0.05) is 11.8 Å².